The zero-order valence-electron chi connectivity index (χ0n) is 11.9. The number of thioether (sulfide) groups is 1. The first-order valence-electron chi connectivity index (χ1n) is 6.44. The van der Waals surface area contributed by atoms with Gasteiger partial charge in [-0.25, -0.2) is 9.78 Å². The zero-order valence-corrected chi connectivity index (χ0v) is 12.7. The van der Waals surface area contributed by atoms with Gasteiger partial charge in [0, 0.05) is 18.1 Å². The zero-order chi connectivity index (χ0) is 15.2. The van der Waals surface area contributed by atoms with Gasteiger partial charge in [0.2, 0.25) is 0 Å². The summed E-state index contributed by atoms with van der Waals surface area (Å²) < 4.78 is 11.4. The molecule has 0 fully saturated rings. The van der Waals surface area contributed by atoms with E-state index in [0.29, 0.717) is 23.6 Å². The molecule has 2 heterocycles. The van der Waals surface area contributed by atoms with E-state index < -0.39 is 5.97 Å². The summed E-state index contributed by atoms with van der Waals surface area (Å²) in [5, 5.41) is 0. The molecule has 0 amide bonds. The van der Waals surface area contributed by atoms with E-state index in [9.17, 15) is 9.59 Å². The van der Waals surface area contributed by atoms with Crippen LogP contribution in [0.3, 0.4) is 0 Å². The van der Waals surface area contributed by atoms with E-state index in [1.807, 2.05) is 12.4 Å². The van der Waals surface area contributed by atoms with Gasteiger partial charge in [-0.05, 0) is 19.1 Å². The first-order valence-corrected chi connectivity index (χ1v) is 7.59. The second-order valence-electron chi connectivity index (χ2n) is 4.17. The van der Waals surface area contributed by atoms with E-state index >= 15 is 0 Å². The van der Waals surface area contributed by atoms with Gasteiger partial charge in [0.1, 0.15) is 5.56 Å². The lowest BCUT2D eigenvalue weighted by molar-refractivity contribution is -0.139. The Kier molecular flexibility index (Phi) is 5.21. The Balaban J connectivity index is 2.09. The van der Waals surface area contributed by atoms with Crippen LogP contribution in [0.15, 0.2) is 24.5 Å². The van der Waals surface area contributed by atoms with Gasteiger partial charge in [0.25, 0.3) is 0 Å². The minimum Gasteiger partial charge on any atom is -0.465 e. The normalized spacial score (nSPS) is 10.6. The molecule has 0 aliphatic heterocycles. The molecule has 0 spiro atoms. The van der Waals surface area contributed by atoms with Crippen molar-refractivity contribution in [3.63, 3.8) is 0 Å². The van der Waals surface area contributed by atoms with Gasteiger partial charge in [-0.1, -0.05) is 0 Å². The fourth-order valence-corrected chi connectivity index (χ4v) is 2.54. The van der Waals surface area contributed by atoms with Gasteiger partial charge in [-0.3, -0.25) is 4.79 Å². The van der Waals surface area contributed by atoms with Crippen molar-refractivity contribution < 1.29 is 19.1 Å². The van der Waals surface area contributed by atoms with Crippen LogP contribution in [0.1, 0.15) is 23.0 Å². The highest BCUT2D eigenvalue weighted by molar-refractivity contribution is 7.99. The third-order valence-corrected chi connectivity index (χ3v) is 3.65. The third kappa shape index (κ3) is 3.75. The third-order valence-electron chi connectivity index (χ3n) is 2.71. The highest BCUT2D eigenvalue weighted by atomic mass is 32.2. The molecule has 7 heteroatoms. The number of imidazole rings is 1. The van der Waals surface area contributed by atoms with Gasteiger partial charge in [-0.15, -0.1) is 11.8 Å². The number of ether oxygens (including phenoxy) is 2. The smallest absolute Gasteiger partial charge is 0.341 e. The van der Waals surface area contributed by atoms with Crippen molar-refractivity contribution in [3.05, 3.63) is 35.8 Å². The predicted octanol–water partition coefficient (Wildman–Crippen LogP) is 1.92. The summed E-state index contributed by atoms with van der Waals surface area (Å²) in [6.07, 6.45) is 3.65. The monoisotopic (exact) mass is 308 g/mol. The number of hydrogen-bond acceptors (Lipinski definition) is 6. The molecule has 2 aromatic heterocycles. The summed E-state index contributed by atoms with van der Waals surface area (Å²) in [6.45, 7) is 2.16. The van der Waals surface area contributed by atoms with Crippen LogP contribution in [0.2, 0.25) is 0 Å². The number of nitrogens with zero attached hydrogens (tertiary/aromatic N) is 2. The number of fused-ring (bicyclic) bond motifs is 1. The number of esters is 2. The van der Waals surface area contributed by atoms with Crippen molar-refractivity contribution in [1.29, 1.82) is 0 Å². The molecule has 0 N–H and O–H groups in total. The Bertz CT molecular complexity index is 653. The number of aromatic nitrogens is 2. The average Bonchev–Trinajstić information content (AvgIpc) is 2.89. The van der Waals surface area contributed by atoms with Gasteiger partial charge in [0.05, 0.1) is 25.2 Å². The molecule has 6 nitrogen and oxygen atoms in total. The number of hydrogen-bond donors (Lipinski definition) is 0. The fourth-order valence-electron chi connectivity index (χ4n) is 1.84. The Morgan fingerprint density at radius 1 is 1.43 bits per heavy atom. The molecule has 0 saturated carbocycles. The van der Waals surface area contributed by atoms with Gasteiger partial charge in [-0.2, -0.15) is 0 Å². The molecule has 0 aromatic carbocycles. The van der Waals surface area contributed by atoms with Gasteiger partial charge in [0.15, 0.2) is 5.65 Å². The summed E-state index contributed by atoms with van der Waals surface area (Å²) in [5.41, 5.74) is 1.76. The lowest BCUT2D eigenvalue weighted by atomic mass is 10.3. The van der Waals surface area contributed by atoms with Crippen molar-refractivity contribution >= 4 is 29.3 Å². The molecule has 0 bridgehead atoms. The average molecular weight is 308 g/mol. The first kappa shape index (κ1) is 15.4. The topological polar surface area (TPSA) is 69.9 Å². The lowest BCUT2D eigenvalue weighted by Crippen LogP contribution is -2.06. The molecule has 2 rings (SSSR count). The van der Waals surface area contributed by atoms with E-state index in [4.69, 9.17) is 9.47 Å². The Morgan fingerprint density at radius 2 is 2.24 bits per heavy atom. The Hall–Kier alpha value is -2.02. The van der Waals surface area contributed by atoms with Crippen molar-refractivity contribution in [1.82, 2.24) is 9.38 Å². The number of pyridine rings is 1. The van der Waals surface area contributed by atoms with Crippen molar-refractivity contribution in [2.24, 2.45) is 0 Å². The minimum absolute atomic E-state index is 0.235. The molecule has 0 atom stereocenters. The highest BCUT2D eigenvalue weighted by Gasteiger charge is 2.13. The number of methoxy groups -OCH3 is 1. The van der Waals surface area contributed by atoms with Crippen LogP contribution in [0, 0.1) is 0 Å². The SMILES string of the molecule is CCOC(=O)CSCc1cn2cccc(C(=O)OC)c2n1. The molecule has 0 radical (unpaired) electrons. The molecule has 0 aliphatic carbocycles. The largest absolute Gasteiger partial charge is 0.465 e. The van der Waals surface area contributed by atoms with E-state index in [0.717, 1.165) is 5.69 Å². The van der Waals surface area contributed by atoms with E-state index in [1.54, 1.807) is 23.5 Å². The second kappa shape index (κ2) is 7.12. The lowest BCUT2D eigenvalue weighted by Gasteiger charge is -2.00. The van der Waals surface area contributed by atoms with Crippen LogP contribution in [0.25, 0.3) is 5.65 Å². The Labute approximate surface area is 126 Å². The summed E-state index contributed by atoms with van der Waals surface area (Å²) in [5.74, 6) is 0.200. The van der Waals surface area contributed by atoms with Crippen LogP contribution >= 0.6 is 11.8 Å². The van der Waals surface area contributed by atoms with Gasteiger partial charge < -0.3 is 13.9 Å². The molecular weight excluding hydrogens is 292 g/mol. The predicted molar refractivity (Wildman–Crippen MR) is 79.3 cm³/mol. The molecule has 2 aromatic rings. The number of carbonyl (C=O) groups excluding carboxylic acids is 2. The highest BCUT2D eigenvalue weighted by Crippen LogP contribution is 2.16. The second-order valence-corrected chi connectivity index (χ2v) is 5.16. The minimum atomic E-state index is -0.420. The first-order chi connectivity index (χ1) is 10.2. The van der Waals surface area contributed by atoms with E-state index in [1.165, 1.54) is 18.9 Å². The summed E-state index contributed by atoms with van der Waals surface area (Å²) >= 11 is 1.42. The Morgan fingerprint density at radius 3 is 2.95 bits per heavy atom. The van der Waals surface area contributed by atoms with Crippen LogP contribution in [-0.2, 0) is 20.0 Å². The van der Waals surface area contributed by atoms with E-state index in [-0.39, 0.29) is 11.7 Å². The maximum Gasteiger partial charge on any atom is 0.341 e. The summed E-state index contributed by atoms with van der Waals surface area (Å²) in [4.78, 5) is 27.3. The van der Waals surface area contributed by atoms with E-state index in [2.05, 4.69) is 4.98 Å². The summed E-state index contributed by atoms with van der Waals surface area (Å²) in [7, 11) is 1.34. The van der Waals surface area contributed by atoms with Crippen LogP contribution < -0.4 is 0 Å². The molecule has 0 aliphatic rings. The number of carbonyl (C=O) groups is 2. The van der Waals surface area contributed by atoms with Crippen LogP contribution in [0.4, 0.5) is 0 Å². The maximum absolute atomic E-state index is 11.7. The molecule has 21 heavy (non-hydrogen) atoms. The summed E-state index contributed by atoms with van der Waals surface area (Å²) in [6, 6.07) is 3.43. The van der Waals surface area contributed by atoms with Crippen molar-refractivity contribution in [3.8, 4) is 0 Å². The quantitative estimate of drug-likeness (QED) is 0.759. The molecule has 0 unspecified atom stereocenters. The fraction of sp³-hybridized carbons (Fsp3) is 0.357. The molecular formula is C14H16N2O4S. The number of rotatable bonds is 6. The van der Waals surface area contributed by atoms with Crippen LogP contribution in [0.5, 0.6) is 0 Å². The van der Waals surface area contributed by atoms with Crippen LogP contribution in [-0.4, -0.2) is 40.8 Å². The maximum atomic E-state index is 11.7. The van der Waals surface area contributed by atoms with Crippen molar-refractivity contribution in [2.45, 2.75) is 12.7 Å². The van der Waals surface area contributed by atoms with Crippen molar-refractivity contribution in [2.75, 3.05) is 19.5 Å². The molecule has 0 saturated heterocycles. The van der Waals surface area contributed by atoms with Gasteiger partial charge >= 0.3 is 11.9 Å². The standard InChI is InChI=1S/C14H16N2O4S/c1-3-20-12(17)9-21-8-10-7-16-6-4-5-11(13(16)15-10)14(18)19-2/h4-7H,3,8-9H2,1-2H3. The molecule has 112 valence electrons.